The third kappa shape index (κ3) is 2.55. The number of hydrogen-bond donors (Lipinski definition) is 0. The molecule has 222 valence electrons. The summed E-state index contributed by atoms with van der Waals surface area (Å²) in [6.07, 6.45) is 0. The predicted molar refractivity (Wildman–Crippen MR) is 208 cm³/mol. The van der Waals surface area contributed by atoms with Gasteiger partial charge in [-0.25, -0.2) is 0 Å². The molecule has 0 saturated carbocycles. The first-order valence-corrected chi connectivity index (χ1v) is 18.5. The van der Waals surface area contributed by atoms with E-state index in [1.54, 1.807) is 0 Å². The first kappa shape index (κ1) is 25.0. The zero-order valence-corrected chi connectivity index (χ0v) is 27.9. The van der Waals surface area contributed by atoms with Crippen LogP contribution in [0.5, 0.6) is 0 Å². The van der Waals surface area contributed by atoms with Gasteiger partial charge in [-0.05, 0) is 56.9 Å². The number of aromatic nitrogens is 2. The lowest BCUT2D eigenvalue weighted by Gasteiger charge is -2.37. The summed E-state index contributed by atoms with van der Waals surface area (Å²) in [5.41, 5.74) is 18.1. The van der Waals surface area contributed by atoms with Gasteiger partial charge in [-0.3, -0.25) is 0 Å². The fourth-order valence-electron chi connectivity index (χ4n) is 10.1. The SMILES string of the molecule is CC1(C)c2ccccc2-c2cc3c4c(c21)-c1cccc2c5sc6ccccc6c5n(c12)B4c1cccc2c4sc5ccccc5c4n-3c12. The molecule has 13 rings (SSSR count). The molecule has 0 bridgehead atoms. The number of rotatable bonds is 0. The van der Waals surface area contributed by atoms with Crippen molar-refractivity contribution in [3.63, 3.8) is 0 Å². The zero-order chi connectivity index (χ0) is 31.2. The molecule has 1 aliphatic carbocycles. The van der Waals surface area contributed by atoms with Crippen LogP contribution in [0.3, 0.4) is 0 Å². The molecule has 0 atom stereocenters. The Morgan fingerprint density at radius 3 is 2.00 bits per heavy atom. The quantitative estimate of drug-likeness (QED) is 0.145. The molecule has 5 heteroatoms. The zero-order valence-electron chi connectivity index (χ0n) is 26.3. The molecule has 0 N–H and O–H groups in total. The number of fused-ring (bicyclic) bond motifs is 18. The van der Waals surface area contributed by atoms with Gasteiger partial charge < -0.3 is 9.05 Å². The van der Waals surface area contributed by atoms with E-state index in [1.165, 1.54) is 112 Å². The number of benzene rings is 6. The Kier molecular flexibility index (Phi) is 4.14. The molecule has 3 aliphatic rings. The summed E-state index contributed by atoms with van der Waals surface area (Å²) < 4.78 is 10.9. The number of para-hydroxylation sites is 2. The van der Waals surface area contributed by atoms with Crippen LogP contribution in [0.15, 0.2) is 115 Å². The molecule has 0 saturated heterocycles. The normalized spacial score (nSPS) is 15.0. The van der Waals surface area contributed by atoms with Crippen molar-refractivity contribution < 1.29 is 0 Å². The summed E-state index contributed by atoms with van der Waals surface area (Å²) in [6, 6.07) is 43.9. The largest absolute Gasteiger partial charge is 0.374 e. The van der Waals surface area contributed by atoms with E-state index in [4.69, 9.17) is 0 Å². The van der Waals surface area contributed by atoms with Crippen molar-refractivity contribution >= 4 is 103 Å². The molecular weight excluding hydrogens is 619 g/mol. The van der Waals surface area contributed by atoms with Gasteiger partial charge in [0.25, 0.3) is 0 Å². The number of nitrogens with zero attached hydrogens (tertiary/aromatic N) is 2. The van der Waals surface area contributed by atoms with E-state index < -0.39 is 0 Å². The highest BCUT2D eigenvalue weighted by atomic mass is 32.1. The first-order valence-electron chi connectivity index (χ1n) is 16.8. The summed E-state index contributed by atoms with van der Waals surface area (Å²) in [6.45, 7) is 4.97. The molecule has 0 unspecified atom stereocenters. The van der Waals surface area contributed by atoms with Gasteiger partial charge in [-0.2, -0.15) is 0 Å². The van der Waals surface area contributed by atoms with Crippen LogP contribution >= 0.6 is 22.7 Å². The lowest BCUT2D eigenvalue weighted by atomic mass is 9.45. The van der Waals surface area contributed by atoms with Crippen LogP contribution in [0.2, 0.25) is 0 Å². The van der Waals surface area contributed by atoms with Gasteiger partial charge in [-0.1, -0.05) is 111 Å². The highest BCUT2D eigenvalue weighted by Crippen LogP contribution is 2.56. The summed E-state index contributed by atoms with van der Waals surface area (Å²) in [5, 5.41) is 5.45. The maximum Gasteiger partial charge on any atom is 0.333 e. The van der Waals surface area contributed by atoms with Crippen molar-refractivity contribution in [3.05, 3.63) is 126 Å². The lowest BCUT2D eigenvalue weighted by Crippen LogP contribution is -2.55. The minimum atomic E-state index is -0.130. The van der Waals surface area contributed by atoms with Crippen molar-refractivity contribution in [1.29, 1.82) is 0 Å². The molecular formula is C43H25BN2S2. The summed E-state index contributed by atoms with van der Waals surface area (Å²) in [5.74, 6) is 0. The average molecular weight is 645 g/mol. The fourth-order valence-corrected chi connectivity index (χ4v) is 12.6. The van der Waals surface area contributed by atoms with Crippen molar-refractivity contribution in [1.82, 2.24) is 9.05 Å². The van der Waals surface area contributed by atoms with E-state index in [0.29, 0.717) is 0 Å². The third-order valence-electron chi connectivity index (χ3n) is 11.9. The Bertz CT molecular complexity index is 3160. The minimum absolute atomic E-state index is 0.0687. The van der Waals surface area contributed by atoms with Crippen molar-refractivity contribution in [2.45, 2.75) is 19.3 Å². The Balaban J connectivity index is 1.34. The maximum absolute atomic E-state index is 2.75. The van der Waals surface area contributed by atoms with Crippen molar-refractivity contribution in [3.8, 4) is 27.9 Å². The Hall–Kier alpha value is -5.10. The molecule has 6 aromatic carbocycles. The Labute approximate surface area is 284 Å². The van der Waals surface area contributed by atoms with E-state index >= 15 is 0 Å². The van der Waals surface area contributed by atoms with Gasteiger partial charge in [-0.15, -0.1) is 22.7 Å². The van der Waals surface area contributed by atoms with Gasteiger partial charge in [0.1, 0.15) is 0 Å². The molecule has 2 nitrogen and oxygen atoms in total. The second-order valence-electron chi connectivity index (χ2n) is 14.4. The predicted octanol–water partition coefficient (Wildman–Crippen LogP) is 10.6. The molecule has 10 aromatic rings. The lowest BCUT2D eigenvalue weighted by molar-refractivity contribution is 0.662. The fraction of sp³-hybridized carbons (Fsp3) is 0.0698. The standard InChI is InChI=1S/C43H25BN2S2/c1-43(2)29-17-6-3-11-22(29)28-21-31-36-34(35(28)43)25-14-9-15-26-37(25)46(40-24-13-5-8-20-33(24)48-42(26)40)44(36)30-18-10-16-27-38(30)45(31)39-23-12-4-7-19-32(23)47-41(27)39/h3-21H,1-2H3. The highest BCUT2D eigenvalue weighted by molar-refractivity contribution is 7.27. The first-order chi connectivity index (χ1) is 23.6. The Morgan fingerprint density at radius 1 is 0.562 bits per heavy atom. The van der Waals surface area contributed by atoms with Crippen molar-refractivity contribution in [2.24, 2.45) is 0 Å². The molecule has 6 heterocycles. The van der Waals surface area contributed by atoms with E-state index in [9.17, 15) is 0 Å². The summed E-state index contributed by atoms with van der Waals surface area (Å²) in [4.78, 5) is 0. The Morgan fingerprint density at radius 2 is 1.19 bits per heavy atom. The van der Waals surface area contributed by atoms with Crippen LogP contribution in [-0.2, 0) is 5.41 Å². The maximum atomic E-state index is 2.75. The van der Waals surface area contributed by atoms with E-state index in [1.807, 2.05) is 22.7 Å². The smallest absolute Gasteiger partial charge is 0.333 e. The van der Waals surface area contributed by atoms with Crippen molar-refractivity contribution in [2.75, 3.05) is 0 Å². The van der Waals surface area contributed by atoms with Gasteiger partial charge >= 0.3 is 6.85 Å². The van der Waals surface area contributed by atoms with Crippen LogP contribution < -0.4 is 10.9 Å². The summed E-state index contributed by atoms with van der Waals surface area (Å²) >= 11 is 3.90. The van der Waals surface area contributed by atoms with Crippen LogP contribution in [0, 0.1) is 0 Å². The highest BCUT2D eigenvalue weighted by Gasteiger charge is 2.47. The second kappa shape index (κ2) is 7.95. The number of thiophene rings is 2. The van der Waals surface area contributed by atoms with Crippen LogP contribution in [0.1, 0.15) is 25.0 Å². The van der Waals surface area contributed by atoms with Gasteiger partial charge in [0.2, 0.25) is 0 Å². The van der Waals surface area contributed by atoms with Gasteiger partial charge in [0.15, 0.2) is 0 Å². The minimum Gasteiger partial charge on any atom is -0.374 e. The van der Waals surface area contributed by atoms with E-state index in [-0.39, 0.29) is 12.3 Å². The summed E-state index contributed by atoms with van der Waals surface area (Å²) in [7, 11) is 0. The van der Waals surface area contributed by atoms with Gasteiger partial charge in [0.05, 0.1) is 25.9 Å². The van der Waals surface area contributed by atoms with E-state index in [0.717, 1.165) is 0 Å². The molecule has 4 aromatic heterocycles. The third-order valence-corrected chi connectivity index (χ3v) is 14.2. The molecule has 0 radical (unpaired) electrons. The monoisotopic (exact) mass is 644 g/mol. The number of hydrogen-bond acceptors (Lipinski definition) is 2. The van der Waals surface area contributed by atoms with Gasteiger partial charge in [0, 0.05) is 53.1 Å². The molecule has 2 aliphatic heterocycles. The molecule has 0 fully saturated rings. The topological polar surface area (TPSA) is 9.86 Å². The average Bonchev–Trinajstić information content (AvgIpc) is 3.89. The molecule has 0 amide bonds. The van der Waals surface area contributed by atoms with Crippen LogP contribution in [0.4, 0.5) is 0 Å². The van der Waals surface area contributed by atoms with Crippen LogP contribution in [0.25, 0.3) is 90.4 Å². The second-order valence-corrected chi connectivity index (χ2v) is 16.5. The van der Waals surface area contributed by atoms with E-state index in [2.05, 4.69) is 138 Å². The molecule has 0 spiro atoms. The molecule has 48 heavy (non-hydrogen) atoms. The van der Waals surface area contributed by atoms with Crippen LogP contribution in [-0.4, -0.2) is 15.9 Å².